The minimum absolute atomic E-state index is 0.149. The van der Waals surface area contributed by atoms with E-state index >= 15 is 0 Å². The van der Waals surface area contributed by atoms with Crippen LogP contribution in [0.2, 0.25) is 0 Å². The van der Waals surface area contributed by atoms with Gasteiger partial charge in [-0.2, -0.15) is 0 Å². The molecule has 2 rings (SSSR count). The van der Waals surface area contributed by atoms with Gasteiger partial charge in [-0.15, -0.1) is 0 Å². The first kappa shape index (κ1) is 15.3. The number of halogens is 1. The van der Waals surface area contributed by atoms with Crippen molar-refractivity contribution in [2.24, 2.45) is 0 Å². The first-order chi connectivity index (χ1) is 10.0. The molecule has 0 heterocycles. The van der Waals surface area contributed by atoms with E-state index in [2.05, 4.69) is 15.9 Å². The summed E-state index contributed by atoms with van der Waals surface area (Å²) >= 11 is 3.39. The van der Waals surface area contributed by atoms with Crippen molar-refractivity contribution >= 4 is 21.6 Å². The highest BCUT2D eigenvalue weighted by Crippen LogP contribution is 2.40. The molecule has 0 aliphatic rings. The van der Waals surface area contributed by atoms with Crippen LogP contribution in [0.4, 0.5) is 5.69 Å². The van der Waals surface area contributed by atoms with Crippen LogP contribution in [0.1, 0.15) is 12.5 Å². The quantitative estimate of drug-likeness (QED) is 0.570. The van der Waals surface area contributed by atoms with Crippen LogP contribution in [0.25, 0.3) is 0 Å². The Morgan fingerprint density at radius 2 is 1.90 bits per heavy atom. The molecule has 0 saturated heterocycles. The third kappa shape index (κ3) is 3.52. The van der Waals surface area contributed by atoms with Crippen molar-refractivity contribution in [3.8, 4) is 17.2 Å². The molecule has 0 bridgehead atoms. The second-order valence-corrected chi connectivity index (χ2v) is 5.18. The molecule has 0 N–H and O–H groups in total. The Morgan fingerprint density at radius 3 is 2.52 bits per heavy atom. The van der Waals surface area contributed by atoms with Crippen molar-refractivity contribution in [3.05, 3.63) is 56.5 Å². The predicted molar refractivity (Wildman–Crippen MR) is 83.2 cm³/mol. The summed E-state index contributed by atoms with van der Waals surface area (Å²) in [6.07, 6.45) is 0. The third-order valence-electron chi connectivity index (χ3n) is 2.75. The largest absolute Gasteiger partial charge is 0.487 e. The first-order valence-corrected chi connectivity index (χ1v) is 7.16. The van der Waals surface area contributed by atoms with Gasteiger partial charge in [0, 0.05) is 0 Å². The molecular weight excluding hydrogens is 338 g/mol. The van der Waals surface area contributed by atoms with Gasteiger partial charge in [0.05, 0.1) is 16.0 Å². The SMILES string of the molecule is CCOc1cccc(Oc2ccc(C)cc2Br)c1[N+](=O)[O-]. The van der Waals surface area contributed by atoms with Gasteiger partial charge < -0.3 is 9.47 Å². The lowest BCUT2D eigenvalue weighted by molar-refractivity contribution is -0.386. The Labute approximate surface area is 130 Å². The van der Waals surface area contributed by atoms with Crippen LogP contribution < -0.4 is 9.47 Å². The summed E-state index contributed by atoms with van der Waals surface area (Å²) in [5.74, 6) is 0.857. The molecule has 0 unspecified atom stereocenters. The van der Waals surface area contributed by atoms with E-state index in [1.165, 1.54) is 0 Å². The number of nitro groups is 1. The van der Waals surface area contributed by atoms with Gasteiger partial charge in [-0.3, -0.25) is 10.1 Å². The van der Waals surface area contributed by atoms with Gasteiger partial charge in [0.2, 0.25) is 11.5 Å². The van der Waals surface area contributed by atoms with Crippen molar-refractivity contribution in [3.63, 3.8) is 0 Å². The van der Waals surface area contributed by atoms with Crippen molar-refractivity contribution in [2.45, 2.75) is 13.8 Å². The number of rotatable bonds is 5. The maximum atomic E-state index is 11.3. The molecule has 0 amide bonds. The lowest BCUT2D eigenvalue weighted by Gasteiger charge is -2.11. The number of hydrogen-bond acceptors (Lipinski definition) is 4. The van der Waals surface area contributed by atoms with Crippen LogP contribution in [0, 0.1) is 17.0 Å². The summed E-state index contributed by atoms with van der Waals surface area (Å²) in [5, 5.41) is 11.3. The van der Waals surface area contributed by atoms with Crippen LogP contribution in [0.15, 0.2) is 40.9 Å². The zero-order chi connectivity index (χ0) is 15.4. The van der Waals surface area contributed by atoms with E-state index < -0.39 is 4.92 Å². The van der Waals surface area contributed by atoms with E-state index in [0.717, 1.165) is 10.0 Å². The minimum Gasteiger partial charge on any atom is -0.487 e. The summed E-state index contributed by atoms with van der Waals surface area (Å²) in [7, 11) is 0. The summed E-state index contributed by atoms with van der Waals surface area (Å²) in [6, 6.07) is 10.3. The lowest BCUT2D eigenvalue weighted by atomic mass is 10.2. The third-order valence-corrected chi connectivity index (χ3v) is 3.37. The van der Waals surface area contributed by atoms with Crippen LogP contribution in [-0.4, -0.2) is 11.5 Å². The van der Waals surface area contributed by atoms with Gasteiger partial charge in [0.15, 0.2) is 0 Å². The molecule has 0 radical (unpaired) electrons. The van der Waals surface area contributed by atoms with Crippen molar-refractivity contribution in [2.75, 3.05) is 6.61 Å². The van der Waals surface area contributed by atoms with Gasteiger partial charge in [0.1, 0.15) is 5.75 Å². The van der Waals surface area contributed by atoms with Gasteiger partial charge in [0.25, 0.3) is 0 Å². The molecule has 0 atom stereocenters. The number of benzene rings is 2. The number of hydrogen-bond donors (Lipinski definition) is 0. The maximum absolute atomic E-state index is 11.3. The topological polar surface area (TPSA) is 61.6 Å². The Hall–Kier alpha value is -2.08. The molecule has 0 aliphatic carbocycles. The Balaban J connectivity index is 2.43. The fourth-order valence-electron chi connectivity index (χ4n) is 1.84. The normalized spacial score (nSPS) is 10.2. The van der Waals surface area contributed by atoms with E-state index in [9.17, 15) is 10.1 Å². The number of nitrogens with zero attached hydrogens (tertiary/aromatic N) is 1. The summed E-state index contributed by atoms with van der Waals surface area (Å²) < 4.78 is 11.7. The van der Waals surface area contributed by atoms with Crippen molar-refractivity contribution in [1.82, 2.24) is 0 Å². The molecular formula is C15H14BrNO4. The standard InChI is InChI=1S/C15H14BrNO4/c1-3-20-13-5-4-6-14(15(13)17(18)19)21-12-8-7-10(2)9-11(12)16/h4-9H,3H2,1-2H3. The molecule has 2 aromatic carbocycles. The van der Waals surface area contributed by atoms with E-state index in [1.807, 2.05) is 19.1 Å². The van der Waals surface area contributed by atoms with Gasteiger partial charge in [-0.25, -0.2) is 0 Å². The molecule has 0 spiro atoms. The van der Waals surface area contributed by atoms with E-state index in [-0.39, 0.29) is 17.2 Å². The lowest BCUT2D eigenvalue weighted by Crippen LogP contribution is -2.00. The van der Waals surface area contributed by atoms with Crippen LogP contribution in [-0.2, 0) is 0 Å². The smallest absolute Gasteiger partial charge is 0.352 e. The number of nitro benzene ring substituents is 1. The van der Waals surface area contributed by atoms with Crippen LogP contribution in [0.5, 0.6) is 17.2 Å². The summed E-state index contributed by atoms with van der Waals surface area (Å²) in [4.78, 5) is 10.8. The zero-order valence-corrected chi connectivity index (χ0v) is 13.2. The predicted octanol–water partition coefficient (Wildman–Crippen LogP) is 4.86. The molecule has 5 nitrogen and oxygen atoms in total. The van der Waals surface area contributed by atoms with Crippen LogP contribution >= 0.6 is 15.9 Å². The number of para-hydroxylation sites is 1. The van der Waals surface area contributed by atoms with Gasteiger partial charge in [-0.1, -0.05) is 12.1 Å². The second kappa shape index (κ2) is 6.58. The molecule has 0 aliphatic heterocycles. The number of ether oxygens (including phenoxy) is 2. The van der Waals surface area contributed by atoms with E-state index in [1.54, 1.807) is 31.2 Å². The first-order valence-electron chi connectivity index (χ1n) is 6.37. The minimum atomic E-state index is -0.498. The Morgan fingerprint density at radius 1 is 1.19 bits per heavy atom. The zero-order valence-electron chi connectivity index (χ0n) is 11.6. The van der Waals surface area contributed by atoms with Crippen molar-refractivity contribution < 1.29 is 14.4 Å². The van der Waals surface area contributed by atoms with Crippen LogP contribution in [0.3, 0.4) is 0 Å². The van der Waals surface area contributed by atoms with Crippen molar-refractivity contribution in [1.29, 1.82) is 0 Å². The molecule has 6 heteroatoms. The van der Waals surface area contributed by atoms with Gasteiger partial charge >= 0.3 is 5.69 Å². The van der Waals surface area contributed by atoms with Gasteiger partial charge in [-0.05, 0) is 59.6 Å². The fraction of sp³-hybridized carbons (Fsp3) is 0.200. The number of aryl methyl sites for hydroxylation is 1. The molecule has 0 aromatic heterocycles. The molecule has 2 aromatic rings. The highest BCUT2D eigenvalue weighted by atomic mass is 79.9. The highest BCUT2D eigenvalue weighted by Gasteiger charge is 2.23. The fourth-order valence-corrected chi connectivity index (χ4v) is 2.42. The average Bonchev–Trinajstić information content (AvgIpc) is 2.42. The summed E-state index contributed by atoms with van der Waals surface area (Å²) in [6.45, 7) is 4.07. The molecule has 0 fully saturated rings. The monoisotopic (exact) mass is 351 g/mol. The van der Waals surface area contributed by atoms with E-state index in [4.69, 9.17) is 9.47 Å². The molecule has 110 valence electrons. The van der Waals surface area contributed by atoms with E-state index in [0.29, 0.717) is 12.4 Å². The Kier molecular flexibility index (Phi) is 4.80. The Bertz CT molecular complexity index is 673. The molecule has 21 heavy (non-hydrogen) atoms. The summed E-state index contributed by atoms with van der Waals surface area (Å²) in [5.41, 5.74) is 0.888. The molecule has 0 saturated carbocycles. The second-order valence-electron chi connectivity index (χ2n) is 4.33. The maximum Gasteiger partial charge on any atom is 0.352 e. The average molecular weight is 352 g/mol. The highest BCUT2D eigenvalue weighted by molar-refractivity contribution is 9.10.